The molecule has 0 radical (unpaired) electrons. The number of carbonyl (C=O) groups is 2. The number of aliphatic hydroxyl groups excluding tert-OH is 1. The molecule has 0 unspecified atom stereocenters. The highest BCUT2D eigenvalue weighted by Crippen LogP contribution is 2.34. The van der Waals surface area contributed by atoms with Crippen molar-refractivity contribution >= 4 is 17.5 Å². The smallest absolute Gasteiger partial charge is 0.247 e. The minimum Gasteiger partial charge on any atom is -0.396 e. The Morgan fingerprint density at radius 2 is 2.00 bits per heavy atom. The zero-order chi connectivity index (χ0) is 17.6. The summed E-state index contributed by atoms with van der Waals surface area (Å²) in [6.45, 7) is 7.06. The van der Waals surface area contributed by atoms with Gasteiger partial charge in [0.2, 0.25) is 11.8 Å². The van der Waals surface area contributed by atoms with Crippen LogP contribution in [-0.4, -0.2) is 41.5 Å². The van der Waals surface area contributed by atoms with E-state index in [1.54, 1.807) is 6.07 Å². The summed E-state index contributed by atoms with van der Waals surface area (Å²) in [7, 11) is 0. The van der Waals surface area contributed by atoms with E-state index in [0.717, 1.165) is 24.8 Å². The van der Waals surface area contributed by atoms with E-state index >= 15 is 0 Å². The monoisotopic (exact) mass is 330 g/mol. The lowest BCUT2D eigenvalue weighted by atomic mass is 9.77. The minimum absolute atomic E-state index is 0.0351. The predicted octanol–water partition coefficient (Wildman–Crippen LogP) is 2.36. The van der Waals surface area contributed by atoms with Crippen LogP contribution in [0.3, 0.4) is 0 Å². The average molecular weight is 330 g/mol. The van der Waals surface area contributed by atoms with E-state index in [9.17, 15) is 14.7 Å². The third kappa shape index (κ3) is 4.23. The normalized spacial score (nSPS) is 16.5. The van der Waals surface area contributed by atoms with E-state index in [1.807, 2.05) is 23.1 Å². The molecular formula is C19H26N2O3. The fraction of sp³-hybridized carbons (Fsp3) is 0.474. The van der Waals surface area contributed by atoms with Crippen molar-refractivity contribution in [3.8, 4) is 0 Å². The number of para-hydroxylation sites is 1. The average Bonchev–Trinajstić information content (AvgIpc) is 2.63. The summed E-state index contributed by atoms with van der Waals surface area (Å²) in [6.07, 6.45) is 4.07. The molecule has 24 heavy (non-hydrogen) atoms. The van der Waals surface area contributed by atoms with Crippen molar-refractivity contribution in [1.82, 2.24) is 4.90 Å². The molecule has 1 saturated heterocycles. The molecule has 1 fully saturated rings. The van der Waals surface area contributed by atoms with Gasteiger partial charge in [-0.2, -0.15) is 0 Å². The van der Waals surface area contributed by atoms with Crippen LogP contribution in [0.4, 0.5) is 5.69 Å². The highest BCUT2D eigenvalue weighted by Gasteiger charge is 2.33. The zero-order valence-electron chi connectivity index (χ0n) is 14.3. The largest absolute Gasteiger partial charge is 0.396 e. The molecule has 2 rings (SSSR count). The van der Waals surface area contributed by atoms with Gasteiger partial charge in [0.15, 0.2) is 0 Å². The molecule has 0 atom stereocenters. The Labute approximate surface area is 143 Å². The van der Waals surface area contributed by atoms with E-state index in [4.69, 9.17) is 0 Å². The second kappa shape index (κ2) is 8.11. The maximum Gasteiger partial charge on any atom is 0.247 e. The molecule has 1 heterocycles. The lowest BCUT2D eigenvalue weighted by molar-refractivity contribution is -0.133. The zero-order valence-corrected chi connectivity index (χ0v) is 14.3. The number of amides is 2. The van der Waals surface area contributed by atoms with Crippen LogP contribution in [-0.2, 0) is 16.0 Å². The van der Waals surface area contributed by atoms with Crippen LogP contribution in [0.1, 0.15) is 31.7 Å². The van der Waals surface area contributed by atoms with Gasteiger partial charge in [0, 0.05) is 25.4 Å². The molecule has 5 heteroatoms. The lowest BCUT2D eigenvalue weighted by Gasteiger charge is -2.40. The third-order valence-corrected chi connectivity index (χ3v) is 5.06. The van der Waals surface area contributed by atoms with Gasteiger partial charge in [0.05, 0.1) is 6.42 Å². The van der Waals surface area contributed by atoms with Gasteiger partial charge in [-0.25, -0.2) is 0 Å². The molecule has 1 aromatic rings. The first kappa shape index (κ1) is 18.2. The number of hydrogen-bond donors (Lipinski definition) is 2. The molecule has 1 aliphatic heterocycles. The number of nitrogens with one attached hydrogen (secondary N) is 1. The summed E-state index contributed by atoms with van der Waals surface area (Å²) in [5.41, 5.74) is 1.41. The molecule has 130 valence electrons. The molecule has 1 aliphatic rings. The predicted molar refractivity (Wildman–Crippen MR) is 94.6 cm³/mol. The molecule has 2 N–H and O–H groups in total. The minimum atomic E-state index is -0.288. The third-order valence-electron chi connectivity index (χ3n) is 5.06. The topological polar surface area (TPSA) is 69.6 Å². The lowest BCUT2D eigenvalue weighted by Crippen LogP contribution is -2.45. The van der Waals surface area contributed by atoms with Gasteiger partial charge >= 0.3 is 0 Å². The van der Waals surface area contributed by atoms with Gasteiger partial charge in [-0.15, -0.1) is 0 Å². The van der Waals surface area contributed by atoms with Crippen LogP contribution in [0.2, 0.25) is 0 Å². The maximum atomic E-state index is 12.6. The van der Waals surface area contributed by atoms with Gasteiger partial charge in [0.25, 0.3) is 0 Å². The van der Waals surface area contributed by atoms with Crippen molar-refractivity contribution in [2.45, 2.75) is 32.6 Å². The summed E-state index contributed by atoms with van der Waals surface area (Å²) in [6, 6.07) is 7.32. The second-order valence-electron chi connectivity index (χ2n) is 6.42. The van der Waals surface area contributed by atoms with Crippen LogP contribution >= 0.6 is 0 Å². The SMILES string of the molecule is C=CC(=O)Nc1ccccc1CC(=O)N1CCC(CC)(CO)CC1. The van der Waals surface area contributed by atoms with Crippen LogP contribution in [0.15, 0.2) is 36.9 Å². The second-order valence-corrected chi connectivity index (χ2v) is 6.42. The molecule has 0 saturated carbocycles. The standard InChI is InChI=1S/C19H26N2O3/c1-3-17(23)20-16-8-6-5-7-15(16)13-18(24)21-11-9-19(4-2,14-22)10-12-21/h3,5-8,22H,1,4,9-14H2,2H3,(H,20,23). The first-order chi connectivity index (χ1) is 11.5. The number of rotatable bonds is 6. The van der Waals surface area contributed by atoms with Gasteiger partial charge in [-0.1, -0.05) is 31.7 Å². The Hall–Kier alpha value is -2.14. The number of benzene rings is 1. The molecule has 2 amide bonds. The molecule has 5 nitrogen and oxygen atoms in total. The summed E-state index contributed by atoms with van der Waals surface area (Å²) >= 11 is 0. The molecule has 0 aromatic heterocycles. The van der Waals surface area contributed by atoms with E-state index < -0.39 is 0 Å². The maximum absolute atomic E-state index is 12.6. The number of anilines is 1. The summed E-state index contributed by atoms with van der Waals surface area (Å²) < 4.78 is 0. The van der Waals surface area contributed by atoms with Crippen molar-refractivity contribution in [3.05, 3.63) is 42.5 Å². The number of aliphatic hydroxyl groups is 1. The first-order valence-corrected chi connectivity index (χ1v) is 8.43. The Morgan fingerprint density at radius 3 is 2.58 bits per heavy atom. The molecule has 1 aromatic carbocycles. The Kier molecular flexibility index (Phi) is 6.15. The summed E-state index contributed by atoms with van der Waals surface area (Å²) in [5, 5.41) is 12.3. The van der Waals surface area contributed by atoms with Crippen molar-refractivity contribution in [1.29, 1.82) is 0 Å². The van der Waals surface area contributed by atoms with E-state index in [-0.39, 0.29) is 30.3 Å². The van der Waals surface area contributed by atoms with Crippen LogP contribution in [0, 0.1) is 5.41 Å². The van der Waals surface area contributed by atoms with Gasteiger partial charge in [-0.3, -0.25) is 9.59 Å². The molecule has 0 spiro atoms. The Balaban J connectivity index is 2.01. The number of hydrogen-bond acceptors (Lipinski definition) is 3. The Morgan fingerprint density at radius 1 is 1.33 bits per heavy atom. The molecule has 0 bridgehead atoms. The van der Waals surface area contributed by atoms with E-state index in [1.165, 1.54) is 6.08 Å². The van der Waals surface area contributed by atoms with Crippen molar-refractivity contribution in [3.63, 3.8) is 0 Å². The number of piperidine rings is 1. The van der Waals surface area contributed by atoms with Crippen LogP contribution in [0.25, 0.3) is 0 Å². The fourth-order valence-corrected chi connectivity index (χ4v) is 3.11. The highest BCUT2D eigenvalue weighted by molar-refractivity contribution is 5.99. The van der Waals surface area contributed by atoms with Crippen LogP contribution in [0.5, 0.6) is 0 Å². The number of carbonyl (C=O) groups excluding carboxylic acids is 2. The van der Waals surface area contributed by atoms with Gasteiger partial charge < -0.3 is 15.3 Å². The van der Waals surface area contributed by atoms with Crippen LogP contribution < -0.4 is 5.32 Å². The fourth-order valence-electron chi connectivity index (χ4n) is 3.11. The number of likely N-dealkylation sites (tertiary alicyclic amines) is 1. The van der Waals surface area contributed by atoms with Crippen molar-refractivity contribution in [2.24, 2.45) is 5.41 Å². The number of nitrogens with zero attached hydrogens (tertiary/aromatic N) is 1. The molecular weight excluding hydrogens is 304 g/mol. The van der Waals surface area contributed by atoms with E-state index in [0.29, 0.717) is 18.8 Å². The highest BCUT2D eigenvalue weighted by atomic mass is 16.3. The van der Waals surface area contributed by atoms with E-state index in [2.05, 4.69) is 18.8 Å². The summed E-state index contributed by atoms with van der Waals surface area (Å²) in [4.78, 5) is 26.0. The quantitative estimate of drug-likeness (QED) is 0.787. The van der Waals surface area contributed by atoms with Crippen molar-refractivity contribution in [2.75, 3.05) is 25.0 Å². The van der Waals surface area contributed by atoms with Gasteiger partial charge in [0.1, 0.15) is 0 Å². The molecule has 0 aliphatic carbocycles. The summed E-state index contributed by atoms with van der Waals surface area (Å²) in [5.74, 6) is -0.235. The van der Waals surface area contributed by atoms with Gasteiger partial charge in [-0.05, 0) is 42.4 Å². The first-order valence-electron chi connectivity index (χ1n) is 8.43. The Bertz CT molecular complexity index is 598. The van der Waals surface area contributed by atoms with Crippen molar-refractivity contribution < 1.29 is 14.7 Å².